The maximum Gasteiger partial charge on any atom is 0.236 e. The molecule has 0 atom stereocenters. The second kappa shape index (κ2) is 11.3. The Morgan fingerprint density at radius 3 is 1.90 bits per heavy atom. The molecule has 0 aliphatic rings. The maximum atomic E-state index is 5.60. The van der Waals surface area contributed by atoms with E-state index in [-0.39, 0.29) is 0 Å². The third-order valence-electron chi connectivity index (χ3n) is 12.3. The van der Waals surface area contributed by atoms with Gasteiger partial charge in [0.2, 0.25) is 5.95 Å². The molecule has 0 aliphatic heterocycles. The lowest BCUT2D eigenvalue weighted by atomic mass is 9.97. The number of aromatic nitrogens is 4. The van der Waals surface area contributed by atoms with Gasteiger partial charge in [0.15, 0.2) is 0 Å². The summed E-state index contributed by atoms with van der Waals surface area (Å²) in [6.45, 7) is 0. The third-order valence-corrected chi connectivity index (χ3v) is 14.5. The van der Waals surface area contributed by atoms with E-state index in [1.807, 2.05) is 11.3 Å². The molecule has 4 nitrogen and oxygen atoms in total. The number of hydrogen-bond donors (Lipinski definition) is 0. The molecule has 8 aromatic carbocycles. The zero-order valence-electron chi connectivity index (χ0n) is 30.8. The quantitative estimate of drug-likeness (QED) is 0.179. The van der Waals surface area contributed by atoms with E-state index >= 15 is 0 Å². The van der Waals surface area contributed by atoms with Gasteiger partial charge in [0.05, 0.1) is 33.3 Å². The summed E-state index contributed by atoms with van der Waals surface area (Å²) in [4.78, 5) is 12.1. The molecule has 0 bridgehead atoms. The van der Waals surface area contributed by atoms with Crippen LogP contribution in [0.15, 0.2) is 170 Å². The second-order valence-electron chi connectivity index (χ2n) is 15.3. The number of rotatable bonds is 4. The molecular weight excluding hydrogens is 745 g/mol. The first-order chi connectivity index (χ1) is 28.8. The highest BCUT2D eigenvalue weighted by atomic mass is 32.1. The molecule has 0 radical (unpaired) electrons. The van der Waals surface area contributed by atoms with E-state index in [2.05, 4.69) is 179 Å². The zero-order valence-corrected chi connectivity index (χ0v) is 32.4. The minimum Gasteiger partial charge on any atom is -0.308 e. The molecule has 268 valence electrons. The summed E-state index contributed by atoms with van der Waals surface area (Å²) in [5.41, 5.74) is 12.8. The molecular formula is C52H28N4S2. The van der Waals surface area contributed by atoms with Crippen molar-refractivity contribution in [1.82, 2.24) is 18.9 Å². The molecule has 14 rings (SSSR count). The van der Waals surface area contributed by atoms with Gasteiger partial charge in [-0.25, -0.2) is 9.97 Å². The molecule has 0 aliphatic carbocycles. The van der Waals surface area contributed by atoms with Crippen molar-refractivity contribution in [3.63, 3.8) is 0 Å². The molecule has 0 spiro atoms. The fourth-order valence-corrected chi connectivity index (χ4v) is 12.0. The van der Waals surface area contributed by atoms with Gasteiger partial charge < -0.3 is 4.40 Å². The average Bonchev–Trinajstić information content (AvgIpc) is 4.01. The first-order valence-electron chi connectivity index (χ1n) is 19.6. The molecule has 14 aromatic rings. The molecule has 6 aromatic heterocycles. The van der Waals surface area contributed by atoms with Crippen LogP contribution in [0.2, 0.25) is 0 Å². The van der Waals surface area contributed by atoms with Crippen molar-refractivity contribution in [1.29, 1.82) is 0 Å². The summed E-state index contributed by atoms with van der Waals surface area (Å²) in [6.07, 6.45) is 0. The van der Waals surface area contributed by atoms with Crippen LogP contribution >= 0.6 is 22.7 Å². The molecule has 0 amide bonds. The number of para-hydroxylation sites is 1. The normalized spacial score (nSPS) is 12.5. The van der Waals surface area contributed by atoms with Crippen LogP contribution in [0, 0.1) is 0 Å². The zero-order chi connectivity index (χ0) is 37.6. The number of fused-ring (bicyclic) bond motifs is 7. The van der Waals surface area contributed by atoms with Crippen molar-refractivity contribution < 1.29 is 0 Å². The molecule has 0 saturated heterocycles. The Labute approximate surface area is 338 Å². The lowest BCUT2D eigenvalue weighted by molar-refractivity contribution is 1.02. The monoisotopic (exact) mass is 772 g/mol. The Balaban J connectivity index is 1.05. The van der Waals surface area contributed by atoms with Crippen LogP contribution in [0.25, 0.3) is 129 Å². The van der Waals surface area contributed by atoms with Crippen LogP contribution in [0.3, 0.4) is 0 Å². The van der Waals surface area contributed by atoms with Crippen LogP contribution in [0.5, 0.6) is 0 Å². The largest absolute Gasteiger partial charge is 0.308 e. The molecule has 58 heavy (non-hydrogen) atoms. The Morgan fingerprint density at radius 1 is 0.362 bits per heavy atom. The minimum atomic E-state index is 0.688. The van der Waals surface area contributed by atoms with Gasteiger partial charge in [-0.1, -0.05) is 121 Å². The number of hydrogen-bond acceptors (Lipinski definition) is 4. The first-order valence-corrected chi connectivity index (χ1v) is 21.2. The molecule has 6 heteroatoms. The van der Waals surface area contributed by atoms with Gasteiger partial charge >= 0.3 is 0 Å². The summed E-state index contributed by atoms with van der Waals surface area (Å²) >= 11 is 3.63. The molecule has 0 N–H and O–H groups in total. The van der Waals surface area contributed by atoms with Crippen LogP contribution in [0.4, 0.5) is 0 Å². The van der Waals surface area contributed by atoms with Gasteiger partial charge in [-0.2, -0.15) is 0 Å². The Bertz CT molecular complexity index is 3960. The Morgan fingerprint density at radius 2 is 1.02 bits per heavy atom. The number of benzene rings is 8. The van der Waals surface area contributed by atoms with E-state index in [1.54, 1.807) is 11.3 Å². The van der Waals surface area contributed by atoms with Crippen molar-refractivity contribution in [3.05, 3.63) is 170 Å². The highest BCUT2D eigenvalue weighted by Gasteiger charge is 2.27. The smallest absolute Gasteiger partial charge is 0.236 e. The van der Waals surface area contributed by atoms with E-state index in [0.29, 0.717) is 5.95 Å². The van der Waals surface area contributed by atoms with E-state index in [0.717, 1.165) is 32.5 Å². The molecule has 0 saturated carbocycles. The van der Waals surface area contributed by atoms with E-state index in [9.17, 15) is 0 Å². The minimum absolute atomic E-state index is 0.688. The predicted molar refractivity (Wildman–Crippen MR) is 247 cm³/mol. The van der Waals surface area contributed by atoms with Crippen molar-refractivity contribution in [2.45, 2.75) is 0 Å². The third kappa shape index (κ3) is 4.02. The molecule has 6 heterocycles. The fraction of sp³-hybridized carbons (Fsp3) is 0. The van der Waals surface area contributed by atoms with Gasteiger partial charge in [-0.05, 0) is 70.8 Å². The summed E-state index contributed by atoms with van der Waals surface area (Å²) < 4.78 is 8.67. The van der Waals surface area contributed by atoms with E-state index in [4.69, 9.17) is 9.97 Å². The lowest BCUT2D eigenvalue weighted by Gasteiger charge is -2.11. The standard InChI is InChI=1S/C52H28N4S2/c1-2-10-29(11-3-1)32-12-8-13-33(28-32)30-20-22-31(23-21-30)49-44-36-15-5-7-19-41(36)58-51(44)54-52(53-49)56-39-18-9-17-38-45(39)46-40(56)25-27-42-47(46)48-43(57-42)26-24-35-34-14-4-6-16-37(34)55(38)50(35)48/h1-28H. The van der Waals surface area contributed by atoms with E-state index < -0.39 is 0 Å². The SMILES string of the molecule is c1ccc(-c2cccc(-c3ccc(-c4nc(-n5c6ccc7sc8ccc9c%10ccccc%10n%10c%11cccc5c%11c6c7c8c9%10)nc5sc6ccccc6c45)cc3)c2)cc1. The predicted octanol–water partition coefficient (Wildman–Crippen LogP) is 14.7. The second-order valence-corrected chi connectivity index (χ2v) is 17.4. The average molecular weight is 773 g/mol. The van der Waals surface area contributed by atoms with Crippen LogP contribution < -0.4 is 0 Å². The van der Waals surface area contributed by atoms with Crippen LogP contribution in [-0.2, 0) is 0 Å². The lowest BCUT2D eigenvalue weighted by Crippen LogP contribution is -2.02. The van der Waals surface area contributed by atoms with Crippen molar-refractivity contribution >= 4 is 112 Å². The summed E-state index contributed by atoms with van der Waals surface area (Å²) in [6, 6.07) is 61.8. The number of nitrogens with zero attached hydrogens (tertiary/aromatic N) is 4. The van der Waals surface area contributed by atoms with Crippen LogP contribution in [-0.4, -0.2) is 18.9 Å². The van der Waals surface area contributed by atoms with Crippen molar-refractivity contribution in [3.8, 4) is 39.5 Å². The van der Waals surface area contributed by atoms with E-state index in [1.165, 1.54) is 90.6 Å². The topological polar surface area (TPSA) is 35.1 Å². The highest BCUT2D eigenvalue weighted by Crippen LogP contribution is 2.50. The van der Waals surface area contributed by atoms with Gasteiger partial charge in [0.25, 0.3) is 0 Å². The van der Waals surface area contributed by atoms with Gasteiger partial charge in [-0.3, -0.25) is 4.57 Å². The van der Waals surface area contributed by atoms with Crippen molar-refractivity contribution in [2.24, 2.45) is 0 Å². The molecule has 0 fully saturated rings. The Hall–Kier alpha value is -7.12. The first kappa shape index (κ1) is 31.0. The number of thiophene rings is 2. The van der Waals surface area contributed by atoms with Gasteiger partial charge in [0, 0.05) is 62.8 Å². The maximum absolute atomic E-state index is 5.60. The van der Waals surface area contributed by atoms with Gasteiger partial charge in [-0.15, -0.1) is 22.7 Å². The van der Waals surface area contributed by atoms with Crippen molar-refractivity contribution in [2.75, 3.05) is 0 Å². The fourth-order valence-electron chi connectivity index (χ4n) is 9.83. The highest BCUT2D eigenvalue weighted by molar-refractivity contribution is 7.26. The summed E-state index contributed by atoms with van der Waals surface area (Å²) in [7, 11) is 0. The summed E-state index contributed by atoms with van der Waals surface area (Å²) in [5, 5.41) is 10.1. The summed E-state index contributed by atoms with van der Waals surface area (Å²) in [5.74, 6) is 0.688. The molecule has 0 unspecified atom stereocenters. The van der Waals surface area contributed by atoms with Gasteiger partial charge in [0.1, 0.15) is 4.83 Å². The van der Waals surface area contributed by atoms with Crippen LogP contribution in [0.1, 0.15) is 0 Å². The Kier molecular flexibility index (Phi) is 6.02.